The van der Waals surface area contributed by atoms with Crippen LogP contribution in [0, 0.1) is 0 Å². The average molecular weight is 1190 g/mol. The molecule has 17 heteroatoms. The Morgan fingerprint density at radius 2 is 0.667 bits per heavy atom. The first-order chi connectivity index (χ1) is 42.3. The van der Waals surface area contributed by atoms with Crippen molar-refractivity contribution in [3.05, 3.63) is 174 Å². The van der Waals surface area contributed by atoms with Crippen molar-refractivity contribution in [2.75, 3.05) is 39.6 Å². The third-order valence-corrected chi connectivity index (χ3v) is 15.8. The van der Waals surface area contributed by atoms with Gasteiger partial charge in [-0.05, 0) is 236 Å². The molecular formula is C70H80O17. The van der Waals surface area contributed by atoms with E-state index in [1.165, 1.54) is 25.0 Å². The summed E-state index contributed by atoms with van der Waals surface area (Å²) in [5.41, 5.74) is 5.04. The number of ether oxygens (including phenoxy) is 8. The fourth-order valence-corrected chi connectivity index (χ4v) is 11.4. The zero-order valence-corrected chi connectivity index (χ0v) is 49.4. The average Bonchev–Trinajstić information content (AvgIpc) is 1.71. The minimum atomic E-state index is -0.946. The number of fused-ring (bicyclic) bond motifs is 10. The quantitative estimate of drug-likeness (QED) is 0.00906. The van der Waals surface area contributed by atoms with Gasteiger partial charge < -0.3 is 53.2 Å². The van der Waals surface area contributed by atoms with Crippen molar-refractivity contribution in [3.63, 3.8) is 0 Å². The molecule has 4 atom stereocenters. The normalized spacial score (nSPS) is 16.0. The van der Waals surface area contributed by atoms with Gasteiger partial charge in [0.25, 0.3) is 0 Å². The van der Waals surface area contributed by atoms with Crippen molar-refractivity contribution in [2.45, 2.75) is 139 Å². The molecule has 4 aliphatic rings. The fourth-order valence-electron chi connectivity index (χ4n) is 11.4. The number of hydrogen-bond acceptors (Lipinski definition) is 16. The minimum absolute atomic E-state index is 0.247. The van der Waals surface area contributed by atoms with Crippen LogP contribution in [-0.4, -0.2) is 90.8 Å². The third-order valence-electron chi connectivity index (χ3n) is 15.8. The highest BCUT2D eigenvalue weighted by molar-refractivity contribution is 5.93. The van der Waals surface area contributed by atoms with Gasteiger partial charge in [-0.25, -0.2) is 28.8 Å². The van der Waals surface area contributed by atoms with Crippen LogP contribution in [0.15, 0.2) is 135 Å². The number of aromatic hydroxyl groups is 2. The molecule has 87 heavy (non-hydrogen) atoms. The van der Waals surface area contributed by atoms with E-state index in [-0.39, 0.29) is 23.4 Å². The number of aromatic carboxylic acids is 1. The van der Waals surface area contributed by atoms with E-state index in [1.807, 2.05) is 0 Å². The zero-order valence-electron chi connectivity index (χ0n) is 49.4. The van der Waals surface area contributed by atoms with Gasteiger partial charge in [0, 0.05) is 40.5 Å². The molecule has 462 valence electrons. The van der Waals surface area contributed by atoms with Gasteiger partial charge in [-0.2, -0.15) is 0 Å². The van der Waals surface area contributed by atoms with E-state index in [0.29, 0.717) is 103 Å². The summed E-state index contributed by atoms with van der Waals surface area (Å²) in [5, 5.41) is 28.1. The first-order valence-electron chi connectivity index (χ1n) is 30.2. The second kappa shape index (κ2) is 34.3. The van der Waals surface area contributed by atoms with Crippen LogP contribution >= 0.6 is 0 Å². The molecule has 17 nitrogen and oxygen atoms in total. The van der Waals surface area contributed by atoms with E-state index in [4.69, 9.17) is 43.0 Å². The van der Waals surface area contributed by atoms with Gasteiger partial charge in [0.1, 0.15) is 40.2 Å². The maximum absolute atomic E-state index is 13.2. The van der Waals surface area contributed by atoms with Crippen LogP contribution in [0.3, 0.4) is 0 Å². The molecule has 5 aromatic carbocycles. The lowest BCUT2D eigenvalue weighted by molar-refractivity contribution is -0.138. The Labute approximate surface area is 508 Å². The summed E-state index contributed by atoms with van der Waals surface area (Å²) in [6, 6.07) is 26.8. The molecule has 4 aliphatic carbocycles. The molecular weight excluding hydrogens is 1110 g/mol. The number of rotatable bonds is 32. The van der Waals surface area contributed by atoms with Crippen LogP contribution in [0.5, 0.6) is 40.2 Å². The summed E-state index contributed by atoms with van der Waals surface area (Å²) in [4.78, 5) is 70.0. The topological polar surface area (TPSA) is 237 Å². The Hall–Kier alpha value is -8.86. The van der Waals surface area contributed by atoms with Crippen LogP contribution in [-0.2, 0) is 28.6 Å². The molecule has 2 saturated carbocycles. The Balaban J connectivity index is 0.000000255. The highest BCUT2D eigenvalue weighted by Gasteiger charge is 2.43. The Bertz CT molecular complexity index is 2970. The van der Waals surface area contributed by atoms with Crippen molar-refractivity contribution in [1.29, 1.82) is 0 Å². The number of carbonyl (C=O) groups excluding carboxylic acids is 5. The number of phenolic OH excluding ortho intramolecular Hbond substituents is 2. The number of carbonyl (C=O) groups is 6. The Morgan fingerprint density at radius 1 is 0.379 bits per heavy atom. The second-order valence-corrected chi connectivity index (χ2v) is 21.8. The Kier molecular flexibility index (Phi) is 25.9. The molecule has 9 rings (SSSR count). The van der Waals surface area contributed by atoms with Crippen LogP contribution in [0.4, 0.5) is 0 Å². The second-order valence-electron chi connectivity index (χ2n) is 21.8. The maximum atomic E-state index is 13.2. The molecule has 0 aromatic heterocycles. The predicted octanol–water partition coefficient (Wildman–Crippen LogP) is 14.3. The third kappa shape index (κ3) is 19.8. The minimum Gasteiger partial charge on any atom is -0.508 e. The fraction of sp³-hybridized carbons (Fsp3) is 0.400. The monoisotopic (exact) mass is 1190 g/mol. The van der Waals surface area contributed by atoms with Crippen molar-refractivity contribution < 1.29 is 82.0 Å². The van der Waals surface area contributed by atoms with Crippen LogP contribution < -0.4 is 23.7 Å². The number of esters is 5. The van der Waals surface area contributed by atoms with Gasteiger partial charge in [0.15, 0.2) is 0 Å². The van der Waals surface area contributed by atoms with E-state index in [0.717, 1.165) is 143 Å². The van der Waals surface area contributed by atoms with Gasteiger partial charge in [0.05, 0.1) is 56.3 Å². The molecule has 4 bridgehead atoms. The van der Waals surface area contributed by atoms with Gasteiger partial charge in [-0.3, -0.25) is 0 Å². The molecule has 2 fully saturated rings. The van der Waals surface area contributed by atoms with E-state index in [1.54, 1.807) is 84.9 Å². The summed E-state index contributed by atoms with van der Waals surface area (Å²) >= 11 is 0. The van der Waals surface area contributed by atoms with E-state index >= 15 is 0 Å². The molecule has 0 amide bonds. The van der Waals surface area contributed by atoms with Gasteiger partial charge in [0.2, 0.25) is 0 Å². The molecule has 0 radical (unpaired) electrons. The summed E-state index contributed by atoms with van der Waals surface area (Å²) < 4.78 is 43.9. The van der Waals surface area contributed by atoms with Crippen LogP contribution in [0.25, 0.3) is 0 Å². The SMILES string of the molecule is C=CC(=O)OCCCCCCOc1ccc(C(=O)O)cc1.C=CC(=O)OCCCCCCOc1ccc(C(=O)Oc2ccc(OC(=O)c3ccc(OCCCCCCOC(=O)C=C)cc3)c3c2C2CCC3C2)cc1.Oc1ccc(O)c2c1C1CCC2C1. The van der Waals surface area contributed by atoms with Crippen molar-refractivity contribution in [2.24, 2.45) is 0 Å². The molecule has 5 aromatic rings. The number of benzene rings is 5. The standard InChI is InChI=1S/C43H48O10.C16H20O5.C11H12O2/c1-3-38(44)50-27-11-7-5-9-25-48-34-19-15-30(16-20-34)42(46)52-36-23-24-37(41-33-14-13-32(29-33)40(36)41)53-43(47)31-17-21-35(22-18-31)49-26-10-6-8-12-28-51-39(45)4-2;1-2-15(17)21-12-6-4-3-5-11-20-14-9-7-13(8-10-14)16(18)19;12-8-3-4-9(13)11-7-2-1-6(5-7)10(8)11/h3-4,15-24,32-33H,1-2,5-14,25-29H2;2,7-10H,1,3-6,11-12H2,(H,18,19);3-4,6-7,12-13H,1-2,5H2. The molecule has 0 heterocycles. The van der Waals surface area contributed by atoms with Crippen molar-refractivity contribution in [1.82, 2.24) is 0 Å². The number of unbranched alkanes of at least 4 members (excludes halogenated alkanes) is 9. The van der Waals surface area contributed by atoms with Gasteiger partial charge in [-0.15, -0.1) is 0 Å². The summed E-state index contributed by atoms with van der Waals surface area (Å²) in [5.74, 6) is 2.23. The number of hydrogen-bond donors (Lipinski definition) is 3. The van der Waals surface area contributed by atoms with Crippen molar-refractivity contribution in [3.8, 4) is 40.2 Å². The number of carboxylic acid groups (broad SMARTS) is 1. The Morgan fingerprint density at radius 3 is 0.966 bits per heavy atom. The number of carboxylic acids is 1. The summed E-state index contributed by atoms with van der Waals surface area (Å²) in [6.07, 6.45) is 20.7. The van der Waals surface area contributed by atoms with E-state index in [2.05, 4.69) is 19.7 Å². The van der Waals surface area contributed by atoms with Crippen LogP contribution in [0.2, 0.25) is 0 Å². The molecule has 0 saturated heterocycles. The molecule has 4 unspecified atom stereocenters. The highest BCUT2D eigenvalue weighted by Crippen LogP contribution is 2.59. The molecule has 0 spiro atoms. The highest BCUT2D eigenvalue weighted by atomic mass is 16.6. The van der Waals surface area contributed by atoms with Gasteiger partial charge >= 0.3 is 35.8 Å². The lowest BCUT2D eigenvalue weighted by atomic mass is 9.90. The van der Waals surface area contributed by atoms with E-state index in [9.17, 15) is 39.0 Å². The molecule has 3 N–H and O–H groups in total. The first-order valence-corrected chi connectivity index (χ1v) is 30.2. The van der Waals surface area contributed by atoms with Gasteiger partial charge in [-0.1, -0.05) is 19.7 Å². The maximum Gasteiger partial charge on any atom is 0.343 e. The summed E-state index contributed by atoms with van der Waals surface area (Å²) in [6.45, 7) is 12.9. The first kappa shape index (κ1) is 65.7. The van der Waals surface area contributed by atoms with Crippen LogP contribution in [0.1, 0.15) is 193 Å². The zero-order chi connectivity index (χ0) is 61.9. The molecule has 0 aliphatic heterocycles. The predicted molar refractivity (Wildman–Crippen MR) is 326 cm³/mol. The smallest absolute Gasteiger partial charge is 0.343 e. The lowest BCUT2D eigenvalue weighted by Crippen LogP contribution is -2.14. The lowest BCUT2D eigenvalue weighted by Gasteiger charge is -2.21. The number of phenols is 2. The van der Waals surface area contributed by atoms with Crippen molar-refractivity contribution >= 4 is 35.8 Å². The van der Waals surface area contributed by atoms with E-state index < -0.39 is 29.8 Å². The summed E-state index contributed by atoms with van der Waals surface area (Å²) in [7, 11) is 0. The largest absolute Gasteiger partial charge is 0.508 e.